The standard InChI is InChI=1S/C7H3BrClF2NO2/c8-4-2(7(10)11)1-3(13)12-5(4)6(9)14/h1,7H,(H,12,13). The molecule has 14 heavy (non-hydrogen) atoms. The van der Waals surface area contributed by atoms with Gasteiger partial charge >= 0.3 is 0 Å². The number of H-pyrrole nitrogens is 1. The van der Waals surface area contributed by atoms with Gasteiger partial charge in [0.1, 0.15) is 5.69 Å². The first-order valence-corrected chi connectivity index (χ1v) is 4.51. The minimum absolute atomic E-state index is 0.188. The van der Waals surface area contributed by atoms with Gasteiger partial charge in [0.2, 0.25) is 5.56 Å². The first-order valence-electron chi connectivity index (χ1n) is 3.34. The number of carbonyl (C=O) groups excluding carboxylic acids is 1. The highest BCUT2D eigenvalue weighted by Crippen LogP contribution is 2.28. The molecule has 0 fully saturated rings. The molecule has 0 spiro atoms. The molecular weight excluding hydrogens is 283 g/mol. The summed E-state index contributed by atoms with van der Waals surface area (Å²) >= 11 is 7.83. The third kappa shape index (κ3) is 2.19. The van der Waals surface area contributed by atoms with Crippen LogP contribution in [-0.4, -0.2) is 10.2 Å². The van der Waals surface area contributed by atoms with E-state index in [4.69, 9.17) is 11.6 Å². The van der Waals surface area contributed by atoms with Gasteiger partial charge in [-0.15, -0.1) is 0 Å². The van der Waals surface area contributed by atoms with Gasteiger partial charge in [-0.25, -0.2) is 8.78 Å². The Morgan fingerprint density at radius 3 is 2.57 bits per heavy atom. The van der Waals surface area contributed by atoms with E-state index in [0.29, 0.717) is 6.07 Å². The number of nitrogens with one attached hydrogen (secondary N) is 1. The average Bonchev–Trinajstić information content (AvgIpc) is 2.07. The lowest BCUT2D eigenvalue weighted by Crippen LogP contribution is -2.13. The predicted molar refractivity (Wildman–Crippen MR) is 49.9 cm³/mol. The minimum atomic E-state index is -2.85. The minimum Gasteiger partial charge on any atom is -0.317 e. The monoisotopic (exact) mass is 285 g/mol. The van der Waals surface area contributed by atoms with Gasteiger partial charge in [0.25, 0.3) is 11.7 Å². The van der Waals surface area contributed by atoms with Crippen molar-refractivity contribution in [2.24, 2.45) is 0 Å². The molecule has 3 nitrogen and oxygen atoms in total. The molecule has 0 radical (unpaired) electrons. The maximum absolute atomic E-state index is 12.3. The zero-order valence-corrected chi connectivity index (χ0v) is 8.82. The summed E-state index contributed by atoms with van der Waals surface area (Å²) in [5.74, 6) is 0. The third-order valence-electron chi connectivity index (χ3n) is 1.44. The summed E-state index contributed by atoms with van der Waals surface area (Å²) in [5.41, 5.74) is -1.72. The van der Waals surface area contributed by atoms with E-state index < -0.39 is 22.8 Å². The molecular formula is C7H3BrClF2NO2. The fourth-order valence-corrected chi connectivity index (χ4v) is 1.68. The van der Waals surface area contributed by atoms with Gasteiger partial charge in [0.15, 0.2) is 0 Å². The van der Waals surface area contributed by atoms with Crippen molar-refractivity contribution in [2.75, 3.05) is 0 Å². The number of carbonyl (C=O) groups is 1. The van der Waals surface area contributed by atoms with Crippen molar-refractivity contribution in [3.63, 3.8) is 0 Å². The summed E-state index contributed by atoms with van der Waals surface area (Å²) in [4.78, 5) is 23.6. The predicted octanol–water partition coefficient (Wildman–Crippen LogP) is 2.45. The van der Waals surface area contributed by atoms with Crippen LogP contribution in [0.2, 0.25) is 0 Å². The number of aromatic nitrogens is 1. The van der Waals surface area contributed by atoms with E-state index >= 15 is 0 Å². The highest BCUT2D eigenvalue weighted by atomic mass is 79.9. The number of hydrogen-bond donors (Lipinski definition) is 1. The van der Waals surface area contributed by atoms with E-state index in [9.17, 15) is 18.4 Å². The van der Waals surface area contributed by atoms with Crippen LogP contribution in [0.5, 0.6) is 0 Å². The van der Waals surface area contributed by atoms with Crippen LogP contribution < -0.4 is 5.56 Å². The van der Waals surface area contributed by atoms with Gasteiger partial charge in [-0.3, -0.25) is 9.59 Å². The zero-order valence-electron chi connectivity index (χ0n) is 6.48. The molecule has 0 saturated carbocycles. The van der Waals surface area contributed by atoms with Gasteiger partial charge in [-0.1, -0.05) is 0 Å². The van der Waals surface area contributed by atoms with Gasteiger partial charge < -0.3 is 4.98 Å². The molecule has 1 aromatic rings. The Kier molecular flexibility index (Phi) is 3.38. The Labute approximate surface area is 90.2 Å². The summed E-state index contributed by atoms with van der Waals surface area (Å²) in [6.45, 7) is 0. The molecule has 0 atom stereocenters. The van der Waals surface area contributed by atoms with Gasteiger partial charge in [-0.05, 0) is 27.5 Å². The Morgan fingerprint density at radius 2 is 2.14 bits per heavy atom. The first kappa shape index (κ1) is 11.3. The molecule has 0 amide bonds. The number of rotatable bonds is 2. The molecule has 0 aliphatic rings. The molecule has 1 heterocycles. The van der Waals surface area contributed by atoms with Crippen LogP contribution >= 0.6 is 27.5 Å². The Balaban J connectivity index is 3.48. The molecule has 0 saturated heterocycles. The van der Waals surface area contributed by atoms with E-state index in [1.165, 1.54) is 0 Å². The second-order valence-electron chi connectivity index (χ2n) is 2.35. The fourth-order valence-electron chi connectivity index (χ4n) is 0.857. The average molecular weight is 286 g/mol. The summed E-state index contributed by atoms with van der Waals surface area (Å²) in [7, 11) is 0. The molecule has 1 rings (SSSR count). The maximum atomic E-state index is 12.3. The highest BCUT2D eigenvalue weighted by Gasteiger charge is 2.18. The summed E-state index contributed by atoms with van der Waals surface area (Å²) < 4.78 is 24.4. The molecule has 0 bridgehead atoms. The van der Waals surface area contributed by atoms with Gasteiger partial charge in [0.05, 0.1) is 4.47 Å². The Morgan fingerprint density at radius 1 is 1.57 bits per heavy atom. The van der Waals surface area contributed by atoms with Gasteiger partial charge in [-0.2, -0.15) is 0 Å². The van der Waals surface area contributed by atoms with Crippen molar-refractivity contribution in [1.82, 2.24) is 4.98 Å². The van der Waals surface area contributed by atoms with Crippen molar-refractivity contribution in [3.8, 4) is 0 Å². The summed E-state index contributed by atoms with van der Waals surface area (Å²) in [6.07, 6.45) is -2.85. The van der Waals surface area contributed by atoms with Crippen LogP contribution in [-0.2, 0) is 0 Å². The van der Waals surface area contributed by atoms with E-state index in [0.717, 1.165) is 0 Å². The third-order valence-corrected chi connectivity index (χ3v) is 2.48. The second-order valence-corrected chi connectivity index (χ2v) is 3.49. The highest BCUT2D eigenvalue weighted by molar-refractivity contribution is 9.10. The van der Waals surface area contributed by atoms with Crippen molar-refractivity contribution >= 4 is 32.8 Å². The van der Waals surface area contributed by atoms with Crippen LogP contribution in [0.1, 0.15) is 22.5 Å². The topological polar surface area (TPSA) is 49.9 Å². The van der Waals surface area contributed by atoms with E-state index in [1.807, 2.05) is 0 Å². The molecule has 76 valence electrons. The van der Waals surface area contributed by atoms with Gasteiger partial charge in [0, 0.05) is 11.6 Å². The van der Waals surface area contributed by atoms with Crippen LogP contribution in [0.25, 0.3) is 0 Å². The fraction of sp³-hybridized carbons (Fsp3) is 0.143. The lowest BCUT2D eigenvalue weighted by atomic mass is 10.2. The first-order chi connectivity index (χ1) is 6.43. The molecule has 0 aromatic carbocycles. The number of aromatic amines is 1. The Hall–Kier alpha value is -0.750. The lowest BCUT2D eigenvalue weighted by molar-refractivity contribution is 0.107. The summed E-state index contributed by atoms with van der Waals surface area (Å²) in [6, 6.07) is 0.706. The molecule has 1 N–H and O–H groups in total. The number of pyridine rings is 1. The molecule has 1 aromatic heterocycles. The number of halogens is 4. The van der Waals surface area contributed by atoms with Crippen LogP contribution in [0.15, 0.2) is 15.3 Å². The van der Waals surface area contributed by atoms with Crippen LogP contribution in [0.3, 0.4) is 0 Å². The Bertz CT molecular complexity index is 432. The van der Waals surface area contributed by atoms with Crippen molar-refractivity contribution in [3.05, 3.63) is 32.2 Å². The molecule has 0 aliphatic heterocycles. The van der Waals surface area contributed by atoms with E-state index in [2.05, 4.69) is 20.9 Å². The van der Waals surface area contributed by atoms with Crippen LogP contribution in [0.4, 0.5) is 8.78 Å². The van der Waals surface area contributed by atoms with Crippen molar-refractivity contribution in [1.29, 1.82) is 0 Å². The summed E-state index contributed by atoms with van der Waals surface area (Å²) in [5, 5.41) is -1.00. The smallest absolute Gasteiger partial charge is 0.269 e. The normalized spacial score (nSPS) is 10.6. The second kappa shape index (κ2) is 4.18. The molecule has 0 aliphatic carbocycles. The van der Waals surface area contributed by atoms with Crippen molar-refractivity contribution in [2.45, 2.75) is 6.43 Å². The number of alkyl halides is 2. The zero-order chi connectivity index (χ0) is 10.9. The molecule has 0 unspecified atom stereocenters. The van der Waals surface area contributed by atoms with E-state index in [-0.39, 0.29) is 10.2 Å². The van der Waals surface area contributed by atoms with Crippen LogP contribution in [0, 0.1) is 0 Å². The SMILES string of the molecule is O=C(Cl)c1[nH]c(=O)cc(C(F)F)c1Br. The maximum Gasteiger partial charge on any atom is 0.269 e. The molecule has 7 heteroatoms. The largest absolute Gasteiger partial charge is 0.317 e. The van der Waals surface area contributed by atoms with Crippen molar-refractivity contribution < 1.29 is 13.6 Å². The van der Waals surface area contributed by atoms with E-state index in [1.54, 1.807) is 0 Å². The number of hydrogen-bond acceptors (Lipinski definition) is 2. The lowest BCUT2D eigenvalue weighted by Gasteiger charge is -2.04. The quantitative estimate of drug-likeness (QED) is 0.849.